The first-order valence-electron chi connectivity index (χ1n) is 7.75. The van der Waals surface area contributed by atoms with Crippen molar-refractivity contribution >= 4 is 34.6 Å². The molecule has 0 aliphatic rings. The first-order chi connectivity index (χ1) is 12.2. The van der Waals surface area contributed by atoms with Gasteiger partial charge >= 0.3 is 23.9 Å². The van der Waals surface area contributed by atoms with Crippen molar-refractivity contribution in [2.45, 2.75) is 26.2 Å². The van der Waals surface area contributed by atoms with Crippen LogP contribution in [-0.2, 0) is 6.42 Å². The van der Waals surface area contributed by atoms with Gasteiger partial charge in [0.1, 0.15) is 0 Å². The fourth-order valence-electron chi connectivity index (χ4n) is 2.89. The molecule has 0 bridgehead atoms. The molecular formula is C18H16O8. The minimum Gasteiger partial charge on any atom is -0.478 e. The molecule has 0 spiro atoms. The van der Waals surface area contributed by atoms with Crippen LogP contribution in [0.15, 0.2) is 18.2 Å². The number of aromatic carboxylic acids is 4. The molecule has 8 nitrogen and oxygen atoms in total. The van der Waals surface area contributed by atoms with Gasteiger partial charge in [0, 0.05) is 0 Å². The molecule has 0 aromatic heterocycles. The van der Waals surface area contributed by atoms with Gasteiger partial charge in [-0.05, 0) is 47.4 Å². The second-order valence-corrected chi connectivity index (χ2v) is 5.72. The monoisotopic (exact) mass is 360 g/mol. The first-order valence-corrected chi connectivity index (χ1v) is 7.75. The zero-order valence-corrected chi connectivity index (χ0v) is 13.8. The summed E-state index contributed by atoms with van der Waals surface area (Å²) < 4.78 is 0. The molecule has 0 saturated carbocycles. The van der Waals surface area contributed by atoms with E-state index in [-0.39, 0.29) is 39.4 Å². The van der Waals surface area contributed by atoms with Gasteiger partial charge in [0.2, 0.25) is 0 Å². The first kappa shape index (κ1) is 18.9. The maximum absolute atomic E-state index is 11.8. The molecule has 0 amide bonds. The number of fused-ring (bicyclic) bond motifs is 1. The Labute approximate surface area is 147 Å². The fourth-order valence-corrected chi connectivity index (χ4v) is 2.89. The van der Waals surface area contributed by atoms with Crippen LogP contribution in [0, 0.1) is 0 Å². The summed E-state index contributed by atoms with van der Waals surface area (Å²) in [5.41, 5.74) is -1.47. The summed E-state index contributed by atoms with van der Waals surface area (Å²) in [6.07, 6.45) is 1.37. The number of carboxylic acid groups (broad SMARTS) is 4. The van der Waals surface area contributed by atoms with Crippen LogP contribution in [0.2, 0.25) is 0 Å². The summed E-state index contributed by atoms with van der Waals surface area (Å²) in [7, 11) is 0. The van der Waals surface area contributed by atoms with Gasteiger partial charge in [-0.15, -0.1) is 0 Å². The average molecular weight is 360 g/mol. The number of unbranched alkanes of at least 4 members (excludes halogenated alkanes) is 1. The molecule has 26 heavy (non-hydrogen) atoms. The zero-order valence-electron chi connectivity index (χ0n) is 13.8. The van der Waals surface area contributed by atoms with Crippen LogP contribution in [0.4, 0.5) is 0 Å². The molecule has 0 saturated heterocycles. The summed E-state index contributed by atoms with van der Waals surface area (Å²) in [5, 5.41) is 37.4. The van der Waals surface area contributed by atoms with Crippen molar-refractivity contribution in [3.05, 3.63) is 46.0 Å². The third-order valence-electron chi connectivity index (χ3n) is 4.07. The lowest BCUT2D eigenvalue weighted by molar-refractivity contribution is 0.0673. The van der Waals surface area contributed by atoms with E-state index in [1.165, 1.54) is 0 Å². The standard InChI is InChI=1S/C18H16O8/c1-2-3-4-9-13(17(23)24)7-10-11(14(9)18(25)26)5-8(15(19)20)6-12(10)16(21)22/h5-7H,2-4H2,1H3,(H,19,20)(H,21,22)(H,23,24)(H,25,26). The maximum Gasteiger partial charge on any atom is 0.336 e. The van der Waals surface area contributed by atoms with Gasteiger partial charge in [0.25, 0.3) is 0 Å². The van der Waals surface area contributed by atoms with Gasteiger partial charge < -0.3 is 20.4 Å². The molecule has 2 rings (SSSR count). The topological polar surface area (TPSA) is 149 Å². The van der Waals surface area contributed by atoms with Crippen molar-refractivity contribution in [1.29, 1.82) is 0 Å². The Bertz CT molecular complexity index is 942. The summed E-state index contributed by atoms with van der Waals surface area (Å²) >= 11 is 0. The smallest absolute Gasteiger partial charge is 0.336 e. The molecule has 0 fully saturated rings. The maximum atomic E-state index is 11.8. The minimum atomic E-state index is -1.48. The quantitative estimate of drug-likeness (QED) is 0.588. The molecule has 0 unspecified atom stereocenters. The van der Waals surface area contributed by atoms with Crippen LogP contribution in [0.1, 0.15) is 66.8 Å². The lowest BCUT2D eigenvalue weighted by Gasteiger charge is -2.15. The highest BCUT2D eigenvalue weighted by molar-refractivity contribution is 6.15. The molecule has 0 aliphatic heterocycles. The van der Waals surface area contributed by atoms with Crippen molar-refractivity contribution in [3.8, 4) is 0 Å². The van der Waals surface area contributed by atoms with Crippen LogP contribution in [0.3, 0.4) is 0 Å². The summed E-state index contributed by atoms with van der Waals surface area (Å²) in [6.45, 7) is 1.85. The third-order valence-corrected chi connectivity index (χ3v) is 4.07. The number of carbonyl (C=O) groups is 4. The molecule has 0 atom stereocenters. The van der Waals surface area contributed by atoms with E-state index < -0.39 is 29.4 Å². The Morgan fingerprint density at radius 1 is 0.769 bits per heavy atom. The molecule has 0 heterocycles. The molecule has 8 heteroatoms. The highest BCUT2D eigenvalue weighted by atomic mass is 16.4. The van der Waals surface area contributed by atoms with Gasteiger partial charge in [-0.2, -0.15) is 0 Å². The molecule has 0 aliphatic carbocycles. The lowest BCUT2D eigenvalue weighted by atomic mass is 9.88. The summed E-state index contributed by atoms with van der Waals surface area (Å²) in [4.78, 5) is 46.3. The van der Waals surface area contributed by atoms with Crippen LogP contribution in [0.5, 0.6) is 0 Å². The number of hydrogen-bond donors (Lipinski definition) is 4. The van der Waals surface area contributed by atoms with Crippen LogP contribution in [0.25, 0.3) is 10.8 Å². The van der Waals surface area contributed by atoms with Gasteiger partial charge in [-0.3, -0.25) is 0 Å². The normalized spacial score (nSPS) is 10.7. The largest absolute Gasteiger partial charge is 0.478 e. The van der Waals surface area contributed by atoms with Gasteiger partial charge in [-0.25, -0.2) is 19.2 Å². The number of benzene rings is 2. The van der Waals surface area contributed by atoms with E-state index in [1.807, 2.05) is 6.92 Å². The number of hydrogen-bond acceptors (Lipinski definition) is 4. The van der Waals surface area contributed by atoms with Crippen molar-refractivity contribution in [1.82, 2.24) is 0 Å². The van der Waals surface area contributed by atoms with Gasteiger partial charge in [-0.1, -0.05) is 13.3 Å². The SMILES string of the molecule is CCCCc1c(C(=O)O)cc2c(C(=O)O)cc(C(=O)O)cc2c1C(=O)O. The molecule has 4 N–H and O–H groups in total. The second kappa shape index (κ2) is 7.22. The Hall–Kier alpha value is -3.42. The highest BCUT2D eigenvalue weighted by Crippen LogP contribution is 2.31. The third kappa shape index (κ3) is 3.34. The van der Waals surface area contributed by atoms with Crippen LogP contribution in [-0.4, -0.2) is 44.3 Å². The zero-order chi connectivity index (χ0) is 19.6. The van der Waals surface area contributed by atoms with E-state index in [9.17, 15) is 39.6 Å². The average Bonchev–Trinajstić information content (AvgIpc) is 2.56. The summed E-state index contributed by atoms with van der Waals surface area (Å²) in [6, 6.07) is 3.05. The van der Waals surface area contributed by atoms with Gasteiger partial charge in [0.05, 0.1) is 22.3 Å². The Morgan fingerprint density at radius 2 is 1.38 bits per heavy atom. The summed E-state index contributed by atoms with van der Waals surface area (Å²) in [5.74, 6) is -5.71. The van der Waals surface area contributed by atoms with Crippen molar-refractivity contribution in [2.75, 3.05) is 0 Å². The van der Waals surface area contributed by atoms with E-state index in [1.54, 1.807) is 0 Å². The molecule has 2 aromatic rings. The van der Waals surface area contributed by atoms with E-state index in [4.69, 9.17) is 0 Å². The van der Waals surface area contributed by atoms with Crippen LogP contribution >= 0.6 is 0 Å². The second-order valence-electron chi connectivity index (χ2n) is 5.72. The van der Waals surface area contributed by atoms with E-state index in [2.05, 4.69) is 0 Å². The van der Waals surface area contributed by atoms with Crippen molar-refractivity contribution in [3.63, 3.8) is 0 Å². The van der Waals surface area contributed by atoms with Crippen molar-refractivity contribution in [2.24, 2.45) is 0 Å². The minimum absolute atomic E-state index is 0.0539. The Balaban J connectivity index is 3.07. The van der Waals surface area contributed by atoms with E-state index in [0.29, 0.717) is 12.8 Å². The fraction of sp³-hybridized carbons (Fsp3) is 0.222. The Kier molecular flexibility index (Phi) is 5.25. The molecular weight excluding hydrogens is 344 g/mol. The molecule has 2 aromatic carbocycles. The molecule has 136 valence electrons. The Morgan fingerprint density at radius 3 is 1.85 bits per heavy atom. The van der Waals surface area contributed by atoms with E-state index in [0.717, 1.165) is 18.2 Å². The molecule has 0 radical (unpaired) electrons. The number of rotatable bonds is 7. The number of carboxylic acids is 4. The predicted octanol–water partition coefficient (Wildman–Crippen LogP) is 2.98. The van der Waals surface area contributed by atoms with Gasteiger partial charge in [0.15, 0.2) is 0 Å². The lowest BCUT2D eigenvalue weighted by Crippen LogP contribution is -2.13. The van der Waals surface area contributed by atoms with E-state index >= 15 is 0 Å². The predicted molar refractivity (Wildman–Crippen MR) is 90.4 cm³/mol. The highest BCUT2D eigenvalue weighted by Gasteiger charge is 2.25. The van der Waals surface area contributed by atoms with Crippen LogP contribution < -0.4 is 0 Å². The van der Waals surface area contributed by atoms with Crippen molar-refractivity contribution < 1.29 is 39.6 Å².